The van der Waals surface area contributed by atoms with Crippen LogP contribution >= 0.6 is 11.6 Å². The summed E-state index contributed by atoms with van der Waals surface area (Å²) in [5.74, 6) is -0.219. The number of amides is 1. The van der Waals surface area contributed by atoms with E-state index in [9.17, 15) is 13.2 Å². The van der Waals surface area contributed by atoms with Gasteiger partial charge in [-0.05, 0) is 48.4 Å². The minimum Gasteiger partial charge on any atom is -0.355 e. The molecule has 0 saturated carbocycles. The van der Waals surface area contributed by atoms with Crippen LogP contribution < -0.4 is 10.0 Å². The number of sulfonamides is 1. The number of nitrogens with one attached hydrogen (secondary N) is 2. The highest BCUT2D eigenvalue weighted by Crippen LogP contribution is 2.19. The fourth-order valence-corrected chi connectivity index (χ4v) is 3.61. The molecule has 0 spiro atoms. The monoisotopic (exact) mass is 352 g/mol. The Hall–Kier alpha value is -1.89. The minimum atomic E-state index is -3.65. The summed E-state index contributed by atoms with van der Waals surface area (Å²) in [4.78, 5) is 11.8. The molecule has 0 heterocycles. The molecule has 0 fully saturated rings. The molecule has 2 rings (SSSR count). The summed E-state index contributed by atoms with van der Waals surface area (Å²) in [6, 6.07) is 11.4. The Bertz CT molecular complexity index is 835. The van der Waals surface area contributed by atoms with Gasteiger partial charge in [0.1, 0.15) is 0 Å². The fourth-order valence-electron chi connectivity index (χ4n) is 2.14. The van der Waals surface area contributed by atoms with Gasteiger partial charge in [0.2, 0.25) is 10.0 Å². The number of carbonyl (C=O) groups excluding carboxylic acids is 1. The number of carbonyl (C=O) groups is 1. The first-order valence-corrected chi connectivity index (χ1v) is 8.76. The van der Waals surface area contributed by atoms with Crippen molar-refractivity contribution in [1.29, 1.82) is 0 Å². The van der Waals surface area contributed by atoms with Gasteiger partial charge < -0.3 is 5.32 Å². The molecule has 0 aromatic heterocycles. The van der Waals surface area contributed by atoms with Crippen LogP contribution in [-0.2, 0) is 16.6 Å². The van der Waals surface area contributed by atoms with Gasteiger partial charge in [-0.3, -0.25) is 4.79 Å². The average Bonchev–Trinajstić information content (AvgIpc) is 2.52. The zero-order valence-corrected chi connectivity index (χ0v) is 14.3. The molecule has 7 heteroatoms. The van der Waals surface area contributed by atoms with Crippen LogP contribution in [-0.4, -0.2) is 21.4 Å². The van der Waals surface area contributed by atoms with Crippen molar-refractivity contribution in [2.45, 2.75) is 18.4 Å². The molecule has 0 aliphatic rings. The highest BCUT2D eigenvalue weighted by Gasteiger charge is 2.16. The van der Waals surface area contributed by atoms with Crippen molar-refractivity contribution in [2.75, 3.05) is 7.05 Å². The normalized spacial score (nSPS) is 11.3. The van der Waals surface area contributed by atoms with Crippen molar-refractivity contribution in [3.8, 4) is 0 Å². The Morgan fingerprint density at radius 2 is 1.91 bits per heavy atom. The van der Waals surface area contributed by atoms with Crippen molar-refractivity contribution in [1.82, 2.24) is 10.0 Å². The van der Waals surface area contributed by atoms with Crippen LogP contribution in [0.5, 0.6) is 0 Å². The summed E-state index contributed by atoms with van der Waals surface area (Å²) < 4.78 is 27.3. The molecule has 0 aliphatic carbocycles. The molecular weight excluding hydrogens is 336 g/mol. The lowest BCUT2D eigenvalue weighted by Crippen LogP contribution is -2.24. The van der Waals surface area contributed by atoms with Crippen molar-refractivity contribution >= 4 is 27.5 Å². The Morgan fingerprint density at radius 3 is 2.57 bits per heavy atom. The lowest BCUT2D eigenvalue weighted by Gasteiger charge is -2.10. The fraction of sp³-hybridized carbons (Fsp3) is 0.188. The molecule has 0 aliphatic heterocycles. The van der Waals surface area contributed by atoms with Crippen molar-refractivity contribution in [2.24, 2.45) is 0 Å². The van der Waals surface area contributed by atoms with Crippen LogP contribution in [0.1, 0.15) is 21.5 Å². The van der Waals surface area contributed by atoms with E-state index in [1.54, 1.807) is 44.3 Å². The average molecular weight is 353 g/mol. The summed E-state index contributed by atoms with van der Waals surface area (Å²) in [5, 5.41) is 3.02. The van der Waals surface area contributed by atoms with E-state index in [2.05, 4.69) is 10.0 Å². The molecule has 0 unspecified atom stereocenters. The van der Waals surface area contributed by atoms with E-state index in [1.165, 1.54) is 12.1 Å². The van der Waals surface area contributed by atoms with Crippen LogP contribution in [0.2, 0.25) is 5.02 Å². The lowest BCUT2D eigenvalue weighted by atomic mass is 10.1. The Labute approximate surface area is 140 Å². The van der Waals surface area contributed by atoms with Crippen LogP contribution in [0.3, 0.4) is 0 Å². The van der Waals surface area contributed by atoms with Crippen molar-refractivity contribution < 1.29 is 13.2 Å². The van der Waals surface area contributed by atoms with Gasteiger partial charge in [0.15, 0.2) is 0 Å². The SMILES string of the molecule is CNC(=O)c1cccc(CNS(=O)(=O)c2ccc(Cl)cc2C)c1. The largest absolute Gasteiger partial charge is 0.355 e. The van der Waals surface area contributed by atoms with E-state index >= 15 is 0 Å². The molecule has 23 heavy (non-hydrogen) atoms. The van der Waals surface area contributed by atoms with Gasteiger partial charge in [-0.1, -0.05) is 23.7 Å². The summed E-state index contributed by atoms with van der Waals surface area (Å²) in [5.41, 5.74) is 1.75. The Kier molecular flexibility index (Phi) is 5.41. The van der Waals surface area contributed by atoms with Gasteiger partial charge in [-0.15, -0.1) is 0 Å². The number of benzene rings is 2. The molecule has 0 radical (unpaired) electrons. The predicted molar refractivity (Wildman–Crippen MR) is 90.0 cm³/mol. The Balaban J connectivity index is 2.18. The van der Waals surface area contributed by atoms with Crippen molar-refractivity contribution in [3.63, 3.8) is 0 Å². The molecule has 0 bridgehead atoms. The first-order valence-electron chi connectivity index (χ1n) is 6.90. The molecule has 0 atom stereocenters. The molecule has 122 valence electrons. The maximum absolute atomic E-state index is 12.4. The highest BCUT2D eigenvalue weighted by molar-refractivity contribution is 7.89. The van der Waals surface area contributed by atoms with Gasteiger partial charge in [0.25, 0.3) is 5.91 Å². The zero-order valence-electron chi connectivity index (χ0n) is 12.8. The second-order valence-corrected chi connectivity index (χ2v) is 7.19. The number of aryl methyl sites for hydroxylation is 1. The first kappa shape index (κ1) is 17.5. The Morgan fingerprint density at radius 1 is 1.17 bits per heavy atom. The van der Waals surface area contributed by atoms with E-state index in [4.69, 9.17) is 11.6 Å². The van der Waals surface area contributed by atoms with Gasteiger partial charge in [0, 0.05) is 24.2 Å². The van der Waals surface area contributed by atoms with Crippen LogP contribution in [0.25, 0.3) is 0 Å². The summed E-state index contributed by atoms with van der Waals surface area (Å²) in [6.07, 6.45) is 0. The number of halogens is 1. The van der Waals surface area contributed by atoms with Gasteiger partial charge in [-0.2, -0.15) is 0 Å². The second-order valence-electron chi connectivity index (χ2n) is 5.01. The molecule has 2 aromatic carbocycles. The minimum absolute atomic E-state index is 0.0925. The first-order chi connectivity index (χ1) is 10.8. The van der Waals surface area contributed by atoms with Gasteiger partial charge in [-0.25, -0.2) is 13.1 Å². The van der Waals surface area contributed by atoms with E-state index in [0.29, 0.717) is 21.7 Å². The summed E-state index contributed by atoms with van der Waals surface area (Å²) in [7, 11) is -2.11. The quantitative estimate of drug-likeness (QED) is 0.868. The van der Waals surface area contributed by atoms with E-state index in [1.807, 2.05) is 0 Å². The van der Waals surface area contributed by atoms with Gasteiger partial charge >= 0.3 is 0 Å². The number of hydrogen-bond acceptors (Lipinski definition) is 3. The van der Waals surface area contributed by atoms with Gasteiger partial charge in [0.05, 0.1) is 4.90 Å². The van der Waals surface area contributed by atoms with Crippen LogP contribution in [0.4, 0.5) is 0 Å². The van der Waals surface area contributed by atoms with Crippen molar-refractivity contribution in [3.05, 3.63) is 64.2 Å². The maximum Gasteiger partial charge on any atom is 0.251 e. The lowest BCUT2D eigenvalue weighted by molar-refractivity contribution is 0.0963. The highest BCUT2D eigenvalue weighted by atomic mass is 35.5. The molecule has 2 aromatic rings. The van der Waals surface area contributed by atoms with Crippen LogP contribution in [0.15, 0.2) is 47.4 Å². The molecule has 5 nitrogen and oxygen atoms in total. The van der Waals surface area contributed by atoms with E-state index in [0.717, 1.165) is 0 Å². The predicted octanol–water partition coefficient (Wildman–Crippen LogP) is 2.49. The summed E-state index contributed by atoms with van der Waals surface area (Å²) >= 11 is 5.85. The molecule has 0 saturated heterocycles. The third-order valence-corrected chi connectivity index (χ3v) is 5.11. The topological polar surface area (TPSA) is 75.3 Å². The third kappa shape index (κ3) is 4.31. The third-order valence-electron chi connectivity index (χ3n) is 3.31. The standard InChI is InChI=1S/C16H17ClN2O3S/c1-11-8-14(17)6-7-15(11)23(21,22)19-10-12-4-3-5-13(9-12)16(20)18-2/h3-9,19H,10H2,1-2H3,(H,18,20). The van der Waals surface area contributed by atoms with E-state index < -0.39 is 10.0 Å². The molecule has 2 N–H and O–H groups in total. The summed E-state index contributed by atoms with van der Waals surface area (Å²) in [6.45, 7) is 1.78. The van der Waals surface area contributed by atoms with E-state index in [-0.39, 0.29) is 17.3 Å². The number of hydrogen-bond donors (Lipinski definition) is 2. The zero-order chi connectivity index (χ0) is 17.0. The molecular formula is C16H17ClN2O3S. The van der Waals surface area contributed by atoms with Crippen LogP contribution in [0, 0.1) is 6.92 Å². The maximum atomic E-state index is 12.4. The number of rotatable bonds is 5. The smallest absolute Gasteiger partial charge is 0.251 e. The second kappa shape index (κ2) is 7.12. The molecule has 1 amide bonds.